The minimum atomic E-state index is 0.0523. The first-order valence-corrected chi connectivity index (χ1v) is 7.15. The number of carbonyl (C=O) groups is 1. The van der Waals surface area contributed by atoms with Crippen molar-refractivity contribution in [2.45, 2.75) is 12.8 Å². The summed E-state index contributed by atoms with van der Waals surface area (Å²) in [5.74, 6) is 0.389. The van der Waals surface area contributed by atoms with Crippen LogP contribution in [0.2, 0.25) is 0 Å². The van der Waals surface area contributed by atoms with Crippen LogP contribution in [0.3, 0.4) is 0 Å². The van der Waals surface area contributed by atoms with Gasteiger partial charge < -0.3 is 10.0 Å². The second kappa shape index (κ2) is 6.05. The number of nitrogens with zero attached hydrogens (tertiary/aromatic N) is 4. The van der Waals surface area contributed by atoms with Crippen molar-refractivity contribution in [3.8, 4) is 5.69 Å². The molecule has 0 saturated carbocycles. The van der Waals surface area contributed by atoms with Crippen molar-refractivity contribution in [3.05, 3.63) is 42.2 Å². The highest BCUT2D eigenvalue weighted by atomic mass is 16.3. The van der Waals surface area contributed by atoms with E-state index in [1.807, 2.05) is 29.2 Å². The molecule has 1 N–H and O–H groups in total. The van der Waals surface area contributed by atoms with E-state index < -0.39 is 0 Å². The summed E-state index contributed by atoms with van der Waals surface area (Å²) in [7, 11) is 0. The second-order valence-electron chi connectivity index (χ2n) is 5.31. The molecule has 110 valence electrons. The van der Waals surface area contributed by atoms with Crippen LogP contribution in [0, 0.1) is 5.92 Å². The monoisotopic (exact) mass is 286 g/mol. The minimum absolute atomic E-state index is 0.0523. The molecule has 1 aromatic carbocycles. The van der Waals surface area contributed by atoms with Crippen molar-refractivity contribution < 1.29 is 9.90 Å². The van der Waals surface area contributed by atoms with Crippen LogP contribution in [0.5, 0.6) is 0 Å². The summed E-state index contributed by atoms with van der Waals surface area (Å²) in [5.41, 5.74) is 1.56. The lowest BCUT2D eigenvalue weighted by Gasteiger charge is -2.31. The molecule has 2 heterocycles. The number of rotatable bonds is 3. The van der Waals surface area contributed by atoms with Gasteiger partial charge in [-0.1, -0.05) is 5.21 Å². The molecule has 6 heteroatoms. The molecule has 3 rings (SSSR count). The van der Waals surface area contributed by atoms with Gasteiger partial charge in [0.25, 0.3) is 5.91 Å². The number of aliphatic hydroxyl groups excluding tert-OH is 1. The van der Waals surface area contributed by atoms with Crippen molar-refractivity contribution in [2.75, 3.05) is 19.7 Å². The van der Waals surface area contributed by atoms with Crippen LogP contribution >= 0.6 is 0 Å². The molecular weight excluding hydrogens is 268 g/mol. The van der Waals surface area contributed by atoms with Gasteiger partial charge in [0.1, 0.15) is 0 Å². The van der Waals surface area contributed by atoms with E-state index in [0.717, 1.165) is 31.6 Å². The summed E-state index contributed by atoms with van der Waals surface area (Å²) in [4.78, 5) is 14.3. The molecule has 2 aromatic rings. The number of hydrogen-bond acceptors (Lipinski definition) is 4. The molecule has 0 radical (unpaired) electrons. The van der Waals surface area contributed by atoms with Gasteiger partial charge in [0.05, 0.1) is 18.1 Å². The SMILES string of the molecule is O=C(c1ccc(-n2ccnn2)cc1)N1CCC(CO)CC1. The number of carbonyl (C=O) groups excluding carboxylic acids is 1. The maximum absolute atomic E-state index is 12.4. The van der Waals surface area contributed by atoms with E-state index in [-0.39, 0.29) is 12.5 Å². The number of likely N-dealkylation sites (tertiary alicyclic amines) is 1. The van der Waals surface area contributed by atoms with Crippen LogP contribution in [-0.4, -0.2) is 50.6 Å². The zero-order valence-corrected chi connectivity index (χ0v) is 11.7. The van der Waals surface area contributed by atoms with Crippen LogP contribution in [-0.2, 0) is 0 Å². The fourth-order valence-corrected chi connectivity index (χ4v) is 2.60. The predicted molar refractivity (Wildman–Crippen MR) is 77.1 cm³/mol. The fraction of sp³-hybridized carbons (Fsp3) is 0.400. The average Bonchev–Trinajstić information content (AvgIpc) is 3.09. The van der Waals surface area contributed by atoms with Gasteiger partial charge in [0.15, 0.2) is 0 Å². The van der Waals surface area contributed by atoms with Gasteiger partial charge in [-0.2, -0.15) is 0 Å². The Labute approximate surface area is 123 Å². The molecule has 21 heavy (non-hydrogen) atoms. The molecule has 0 aliphatic carbocycles. The summed E-state index contributed by atoms with van der Waals surface area (Å²) in [6, 6.07) is 7.36. The molecule has 1 saturated heterocycles. The zero-order chi connectivity index (χ0) is 14.7. The van der Waals surface area contributed by atoms with Crippen molar-refractivity contribution in [3.63, 3.8) is 0 Å². The first kappa shape index (κ1) is 13.8. The number of piperidine rings is 1. The van der Waals surface area contributed by atoms with Crippen molar-refractivity contribution in [1.82, 2.24) is 19.9 Å². The summed E-state index contributed by atoms with van der Waals surface area (Å²) in [6.07, 6.45) is 5.12. The lowest BCUT2D eigenvalue weighted by Crippen LogP contribution is -2.39. The van der Waals surface area contributed by atoms with Gasteiger partial charge in [-0.15, -0.1) is 5.10 Å². The predicted octanol–water partition coefficient (Wildman–Crippen LogP) is 1.11. The Morgan fingerprint density at radius 3 is 2.52 bits per heavy atom. The lowest BCUT2D eigenvalue weighted by molar-refractivity contribution is 0.0651. The van der Waals surface area contributed by atoms with E-state index in [9.17, 15) is 4.79 Å². The maximum atomic E-state index is 12.4. The van der Waals surface area contributed by atoms with Crippen LogP contribution in [0.4, 0.5) is 0 Å². The summed E-state index contributed by atoms with van der Waals surface area (Å²) in [6.45, 7) is 1.65. The molecule has 1 aromatic heterocycles. The Morgan fingerprint density at radius 2 is 1.95 bits per heavy atom. The quantitative estimate of drug-likeness (QED) is 0.917. The Kier molecular flexibility index (Phi) is 3.96. The molecule has 1 fully saturated rings. The molecule has 0 bridgehead atoms. The normalized spacial score (nSPS) is 16.1. The molecule has 1 aliphatic heterocycles. The zero-order valence-electron chi connectivity index (χ0n) is 11.7. The topological polar surface area (TPSA) is 71.2 Å². The lowest BCUT2D eigenvalue weighted by atomic mass is 9.97. The van der Waals surface area contributed by atoms with Gasteiger partial charge in [-0.25, -0.2) is 4.68 Å². The summed E-state index contributed by atoms with van der Waals surface area (Å²) in [5, 5.41) is 16.8. The van der Waals surface area contributed by atoms with E-state index in [1.54, 1.807) is 17.1 Å². The van der Waals surface area contributed by atoms with Gasteiger partial charge >= 0.3 is 0 Å². The third-order valence-corrected chi connectivity index (χ3v) is 3.96. The van der Waals surface area contributed by atoms with Gasteiger partial charge in [0.2, 0.25) is 0 Å². The Balaban J connectivity index is 1.68. The van der Waals surface area contributed by atoms with E-state index in [0.29, 0.717) is 11.5 Å². The molecule has 6 nitrogen and oxygen atoms in total. The van der Waals surface area contributed by atoms with Crippen molar-refractivity contribution in [1.29, 1.82) is 0 Å². The van der Waals surface area contributed by atoms with Crippen LogP contribution in [0.25, 0.3) is 5.69 Å². The number of aliphatic hydroxyl groups is 1. The molecule has 0 atom stereocenters. The molecule has 0 spiro atoms. The average molecular weight is 286 g/mol. The first-order chi connectivity index (χ1) is 10.3. The van der Waals surface area contributed by atoms with Gasteiger partial charge in [0, 0.05) is 25.3 Å². The first-order valence-electron chi connectivity index (χ1n) is 7.15. The summed E-state index contributed by atoms with van der Waals surface area (Å²) >= 11 is 0. The second-order valence-corrected chi connectivity index (χ2v) is 5.31. The number of benzene rings is 1. The van der Waals surface area contributed by atoms with Crippen LogP contribution in [0.1, 0.15) is 23.2 Å². The van der Waals surface area contributed by atoms with Crippen molar-refractivity contribution >= 4 is 5.91 Å². The number of aromatic nitrogens is 3. The Morgan fingerprint density at radius 1 is 1.24 bits per heavy atom. The highest BCUT2D eigenvalue weighted by molar-refractivity contribution is 5.94. The molecule has 1 aliphatic rings. The molecular formula is C15H18N4O2. The Hall–Kier alpha value is -2.21. The van der Waals surface area contributed by atoms with E-state index in [2.05, 4.69) is 10.3 Å². The van der Waals surface area contributed by atoms with E-state index in [1.165, 1.54) is 0 Å². The van der Waals surface area contributed by atoms with E-state index >= 15 is 0 Å². The fourth-order valence-electron chi connectivity index (χ4n) is 2.60. The molecule has 1 amide bonds. The Bertz CT molecular complexity index is 587. The third kappa shape index (κ3) is 2.95. The molecule has 0 unspecified atom stereocenters. The van der Waals surface area contributed by atoms with Crippen LogP contribution in [0.15, 0.2) is 36.7 Å². The minimum Gasteiger partial charge on any atom is -0.396 e. The third-order valence-electron chi connectivity index (χ3n) is 3.96. The van der Waals surface area contributed by atoms with E-state index in [4.69, 9.17) is 5.11 Å². The smallest absolute Gasteiger partial charge is 0.253 e. The maximum Gasteiger partial charge on any atom is 0.253 e. The highest BCUT2D eigenvalue weighted by Gasteiger charge is 2.23. The standard InChI is InChI=1S/C15H18N4O2/c20-11-12-5-8-18(9-6-12)15(21)13-1-3-14(4-2-13)19-10-7-16-17-19/h1-4,7,10,12,20H,5-6,8-9,11H2. The van der Waals surface area contributed by atoms with Gasteiger partial charge in [-0.05, 0) is 43.0 Å². The number of amides is 1. The van der Waals surface area contributed by atoms with Gasteiger partial charge in [-0.3, -0.25) is 4.79 Å². The summed E-state index contributed by atoms with van der Waals surface area (Å²) < 4.78 is 1.65. The number of hydrogen-bond donors (Lipinski definition) is 1. The van der Waals surface area contributed by atoms with Crippen LogP contribution < -0.4 is 0 Å². The highest BCUT2D eigenvalue weighted by Crippen LogP contribution is 2.19. The largest absolute Gasteiger partial charge is 0.396 e. The van der Waals surface area contributed by atoms with Crippen molar-refractivity contribution in [2.24, 2.45) is 5.92 Å².